The minimum Gasteiger partial charge on any atom is -0.395 e. The van der Waals surface area contributed by atoms with Crippen LogP contribution in [0.1, 0.15) is 5.56 Å². The van der Waals surface area contributed by atoms with Crippen LogP contribution in [-0.4, -0.2) is 6.29 Å². The lowest BCUT2D eigenvalue weighted by Gasteiger charge is -2.04. The molecule has 0 N–H and O–H groups in total. The highest BCUT2D eigenvalue weighted by Crippen LogP contribution is 2.44. The molecular weight excluding hydrogens is 185 g/mol. The molecule has 13 heavy (non-hydrogen) atoms. The fraction of sp³-hybridized carbons (Fsp3) is 0.250. The van der Waals surface area contributed by atoms with Gasteiger partial charge in [0.2, 0.25) is 5.75 Å². The van der Waals surface area contributed by atoms with E-state index in [4.69, 9.17) is 0 Å². The van der Waals surface area contributed by atoms with Gasteiger partial charge in [-0.05, 0) is 18.6 Å². The zero-order valence-corrected chi connectivity index (χ0v) is 6.61. The minimum absolute atomic E-state index is 0.231. The van der Waals surface area contributed by atoms with Crippen molar-refractivity contribution in [3.05, 3.63) is 23.5 Å². The van der Waals surface area contributed by atoms with Crippen LogP contribution in [0.15, 0.2) is 12.1 Å². The second-order valence-electron chi connectivity index (χ2n) is 2.69. The van der Waals surface area contributed by atoms with E-state index in [1.54, 1.807) is 0 Å². The summed E-state index contributed by atoms with van der Waals surface area (Å²) in [7, 11) is 0. The summed E-state index contributed by atoms with van der Waals surface area (Å²) in [5.74, 6) is -1.60. The number of hydrogen-bond donors (Lipinski definition) is 0. The Hall–Kier alpha value is -1.39. The maximum atomic E-state index is 12.9. The molecule has 5 heteroatoms. The summed E-state index contributed by atoms with van der Waals surface area (Å²) in [6, 6.07) is 2.40. The molecule has 0 aliphatic carbocycles. The monoisotopic (exact) mass is 190 g/mol. The third-order valence-corrected chi connectivity index (χ3v) is 1.70. The summed E-state index contributed by atoms with van der Waals surface area (Å²) in [5, 5.41) is 0. The highest BCUT2D eigenvalue weighted by atomic mass is 19.3. The van der Waals surface area contributed by atoms with Crippen LogP contribution < -0.4 is 9.47 Å². The predicted octanol–water partition coefficient (Wildman–Crippen LogP) is 2.46. The van der Waals surface area contributed by atoms with Gasteiger partial charge in [0.25, 0.3) is 0 Å². The van der Waals surface area contributed by atoms with Gasteiger partial charge in [0.05, 0.1) is 0 Å². The molecule has 0 bridgehead atoms. The molecule has 1 aliphatic rings. The third-order valence-electron chi connectivity index (χ3n) is 1.70. The van der Waals surface area contributed by atoms with Crippen molar-refractivity contribution in [1.82, 2.24) is 0 Å². The van der Waals surface area contributed by atoms with E-state index in [0.717, 1.165) is 6.07 Å². The van der Waals surface area contributed by atoms with E-state index >= 15 is 0 Å². The van der Waals surface area contributed by atoms with Gasteiger partial charge in [-0.15, -0.1) is 8.78 Å². The van der Waals surface area contributed by atoms with E-state index in [-0.39, 0.29) is 5.75 Å². The lowest BCUT2D eigenvalue weighted by Crippen LogP contribution is -2.26. The SMILES string of the molecule is Cc1ccc(F)c2c1OC(F)(F)O2. The van der Waals surface area contributed by atoms with E-state index in [1.165, 1.54) is 13.0 Å². The fourth-order valence-electron chi connectivity index (χ4n) is 1.12. The quantitative estimate of drug-likeness (QED) is 0.625. The maximum Gasteiger partial charge on any atom is 0.586 e. The van der Waals surface area contributed by atoms with E-state index < -0.39 is 17.9 Å². The number of halogens is 3. The molecule has 0 aromatic heterocycles. The Balaban J connectivity index is 2.56. The van der Waals surface area contributed by atoms with Crippen LogP contribution in [-0.2, 0) is 0 Å². The van der Waals surface area contributed by atoms with Gasteiger partial charge in [0.1, 0.15) is 0 Å². The molecule has 1 aromatic rings. The van der Waals surface area contributed by atoms with Gasteiger partial charge in [0.15, 0.2) is 11.6 Å². The first kappa shape index (κ1) is 8.22. The number of fused-ring (bicyclic) bond motifs is 1. The molecule has 1 heterocycles. The predicted molar refractivity (Wildman–Crippen MR) is 37.3 cm³/mol. The Morgan fingerprint density at radius 1 is 1.15 bits per heavy atom. The Morgan fingerprint density at radius 3 is 2.38 bits per heavy atom. The molecule has 0 spiro atoms. The van der Waals surface area contributed by atoms with Crippen molar-refractivity contribution in [2.75, 3.05) is 0 Å². The second-order valence-corrected chi connectivity index (χ2v) is 2.69. The zero-order valence-electron chi connectivity index (χ0n) is 6.61. The molecule has 70 valence electrons. The van der Waals surface area contributed by atoms with Crippen LogP contribution in [0.25, 0.3) is 0 Å². The summed E-state index contributed by atoms with van der Waals surface area (Å²) in [6.07, 6.45) is -3.75. The fourth-order valence-corrected chi connectivity index (χ4v) is 1.12. The van der Waals surface area contributed by atoms with Crippen LogP contribution in [0.4, 0.5) is 13.2 Å². The Bertz CT molecular complexity index is 330. The zero-order chi connectivity index (χ0) is 9.64. The van der Waals surface area contributed by atoms with Gasteiger partial charge in [-0.1, -0.05) is 6.07 Å². The van der Waals surface area contributed by atoms with Gasteiger partial charge < -0.3 is 9.47 Å². The van der Waals surface area contributed by atoms with Gasteiger partial charge in [-0.3, -0.25) is 0 Å². The van der Waals surface area contributed by atoms with Gasteiger partial charge >= 0.3 is 6.29 Å². The minimum atomic E-state index is -3.75. The molecule has 0 saturated heterocycles. The summed E-state index contributed by atoms with van der Waals surface area (Å²) >= 11 is 0. The van der Waals surface area contributed by atoms with E-state index in [9.17, 15) is 13.2 Å². The van der Waals surface area contributed by atoms with Gasteiger partial charge in [0, 0.05) is 0 Å². The van der Waals surface area contributed by atoms with Crippen LogP contribution in [0.5, 0.6) is 11.5 Å². The molecule has 0 fully saturated rings. The van der Waals surface area contributed by atoms with Crippen molar-refractivity contribution in [2.45, 2.75) is 13.2 Å². The maximum absolute atomic E-state index is 12.9. The van der Waals surface area contributed by atoms with E-state index in [2.05, 4.69) is 9.47 Å². The largest absolute Gasteiger partial charge is 0.586 e. The molecule has 0 atom stereocenters. The molecule has 2 nitrogen and oxygen atoms in total. The average Bonchev–Trinajstić information content (AvgIpc) is 2.35. The number of ether oxygens (including phenoxy) is 2. The smallest absolute Gasteiger partial charge is 0.395 e. The molecule has 0 amide bonds. The van der Waals surface area contributed by atoms with Crippen LogP contribution in [0.2, 0.25) is 0 Å². The first-order valence-electron chi connectivity index (χ1n) is 3.54. The lowest BCUT2D eigenvalue weighted by atomic mass is 10.2. The van der Waals surface area contributed by atoms with Crippen LogP contribution in [0.3, 0.4) is 0 Å². The molecular formula is C8H5F3O2. The molecule has 0 saturated carbocycles. The van der Waals surface area contributed by atoms with Gasteiger partial charge in [-0.2, -0.15) is 0 Å². The first-order valence-corrected chi connectivity index (χ1v) is 3.54. The van der Waals surface area contributed by atoms with Crippen molar-refractivity contribution in [2.24, 2.45) is 0 Å². The average molecular weight is 190 g/mol. The number of alkyl halides is 2. The number of hydrogen-bond acceptors (Lipinski definition) is 2. The molecule has 0 radical (unpaired) electrons. The van der Waals surface area contributed by atoms with Crippen LogP contribution >= 0.6 is 0 Å². The highest BCUT2D eigenvalue weighted by Gasteiger charge is 2.45. The van der Waals surface area contributed by atoms with Crippen molar-refractivity contribution in [1.29, 1.82) is 0 Å². The molecule has 1 aromatic carbocycles. The van der Waals surface area contributed by atoms with Crippen molar-refractivity contribution in [3.63, 3.8) is 0 Å². The Kier molecular flexibility index (Phi) is 1.46. The van der Waals surface area contributed by atoms with E-state index in [0.29, 0.717) is 5.56 Å². The molecule has 1 aliphatic heterocycles. The Labute approximate surface area is 71.9 Å². The van der Waals surface area contributed by atoms with Crippen molar-refractivity contribution in [3.8, 4) is 11.5 Å². The first-order chi connectivity index (χ1) is 5.99. The normalized spacial score (nSPS) is 17.5. The standard InChI is InChI=1S/C8H5F3O2/c1-4-2-3-5(9)7-6(4)12-8(10,11)13-7/h2-3H,1H3. The van der Waals surface area contributed by atoms with Crippen molar-refractivity contribution < 1.29 is 22.6 Å². The van der Waals surface area contributed by atoms with Crippen molar-refractivity contribution >= 4 is 0 Å². The summed E-state index contributed by atoms with van der Waals surface area (Å²) in [6.45, 7) is 1.53. The lowest BCUT2D eigenvalue weighted by molar-refractivity contribution is -0.287. The number of aryl methyl sites for hydroxylation is 1. The van der Waals surface area contributed by atoms with Crippen LogP contribution in [0, 0.1) is 12.7 Å². The summed E-state index contributed by atoms with van der Waals surface area (Å²) in [4.78, 5) is 0. The number of rotatable bonds is 0. The number of benzene rings is 1. The van der Waals surface area contributed by atoms with E-state index in [1.807, 2.05) is 0 Å². The summed E-state index contributed by atoms with van der Waals surface area (Å²) < 4.78 is 45.9. The molecule has 0 unspecified atom stereocenters. The highest BCUT2D eigenvalue weighted by molar-refractivity contribution is 5.49. The second kappa shape index (κ2) is 2.31. The topological polar surface area (TPSA) is 18.5 Å². The summed E-state index contributed by atoms with van der Waals surface area (Å²) in [5.41, 5.74) is 0.411. The molecule has 2 rings (SSSR count). The van der Waals surface area contributed by atoms with Gasteiger partial charge in [-0.25, -0.2) is 4.39 Å². The Morgan fingerprint density at radius 2 is 1.77 bits per heavy atom. The third kappa shape index (κ3) is 1.20.